The molecule has 0 spiro atoms. The van der Waals surface area contributed by atoms with Crippen molar-refractivity contribution in [3.8, 4) is 5.75 Å². The molecule has 0 N–H and O–H groups in total. The maximum Gasteiger partial charge on any atom is 0.494 e. The van der Waals surface area contributed by atoms with Crippen molar-refractivity contribution in [2.24, 2.45) is 0 Å². The zero-order chi connectivity index (χ0) is 16.0. The third-order valence-electron chi connectivity index (χ3n) is 4.67. The van der Waals surface area contributed by atoms with Crippen LogP contribution in [0.3, 0.4) is 0 Å². The molecule has 0 saturated carbocycles. The van der Waals surface area contributed by atoms with E-state index in [1.165, 1.54) is 0 Å². The Kier molecular flexibility index (Phi) is 3.70. The monoisotopic (exact) mass is 298 g/mol. The van der Waals surface area contributed by atoms with Crippen LogP contribution in [0.4, 0.5) is 0 Å². The minimum Gasteiger partial charge on any atom is -0.494 e. The van der Waals surface area contributed by atoms with Crippen LogP contribution in [0.25, 0.3) is 10.8 Å². The molecule has 0 unspecified atom stereocenters. The molecule has 0 aromatic heterocycles. The molecule has 1 heterocycles. The van der Waals surface area contributed by atoms with Crippen molar-refractivity contribution < 1.29 is 14.0 Å². The molecule has 0 amide bonds. The number of hydrogen-bond donors (Lipinski definition) is 0. The topological polar surface area (TPSA) is 27.7 Å². The van der Waals surface area contributed by atoms with E-state index in [0.717, 1.165) is 22.0 Å². The molecule has 0 atom stereocenters. The summed E-state index contributed by atoms with van der Waals surface area (Å²) in [6.07, 6.45) is 0. The summed E-state index contributed by atoms with van der Waals surface area (Å²) in [5.74, 6) is 0.901. The van der Waals surface area contributed by atoms with Gasteiger partial charge in [-0.3, -0.25) is 0 Å². The van der Waals surface area contributed by atoms with Crippen LogP contribution in [0.1, 0.15) is 34.6 Å². The zero-order valence-corrected chi connectivity index (χ0v) is 14.0. The van der Waals surface area contributed by atoms with Crippen molar-refractivity contribution >= 4 is 23.4 Å². The summed E-state index contributed by atoms with van der Waals surface area (Å²) in [6.45, 7) is 11.0. The van der Waals surface area contributed by atoms with Crippen molar-refractivity contribution in [3.05, 3.63) is 36.4 Å². The van der Waals surface area contributed by atoms with Gasteiger partial charge in [-0.05, 0) is 63.0 Å². The molecule has 22 heavy (non-hydrogen) atoms. The van der Waals surface area contributed by atoms with Crippen molar-refractivity contribution in [2.75, 3.05) is 6.61 Å². The van der Waals surface area contributed by atoms with Crippen molar-refractivity contribution in [3.63, 3.8) is 0 Å². The summed E-state index contributed by atoms with van der Waals surface area (Å²) in [6, 6.07) is 12.4. The van der Waals surface area contributed by atoms with E-state index in [1.54, 1.807) is 0 Å². The van der Waals surface area contributed by atoms with Crippen LogP contribution in [0, 0.1) is 0 Å². The number of ether oxygens (including phenoxy) is 1. The first-order valence-corrected chi connectivity index (χ1v) is 7.84. The summed E-state index contributed by atoms with van der Waals surface area (Å²) < 4.78 is 17.8. The molecule has 3 nitrogen and oxygen atoms in total. The Morgan fingerprint density at radius 3 is 2.14 bits per heavy atom. The normalized spacial score (nSPS) is 19.6. The third-order valence-corrected chi connectivity index (χ3v) is 4.67. The van der Waals surface area contributed by atoms with Gasteiger partial charge in [-0.1, -0.05) is 24.3 Å². The molecule has 2 aromatic rings. The quantitative estimate of drug-likeness (QED) is 0.811. The maximum absolute atomic E-state index is 6.11. The molecule has 4 heteroatoms. The van der Waals surface area contributed by atoms with Gasteiger partial charge < -0.3 is 14.0 Å². The Balaban J connectivity index is 1.92. The van der Waals surface area contributed by atoms with E-state index in [4.69, 9.17) is 14.0 Å². The molecule has 1 aliphatic heterocycles. The minimum absolute atomic E-state index is 0.314. The fourth-order valence-electron chi connectivity index (χ4n) is 2.62. The molecule has 0 bridgehead atoms. The fraction of sp³-hybridized carbons (Fsp3) is 0.444. The Bertz CT molecular complexity index is 678. The maximum atomic E-state index is 6.11. The predicted octanol–water partition coefficient (Wildman–Crippen LogP) is 3.54. The van der Waals surface area contributed by atoms with Gasteiger partial charge in [0.1, 0.15) is 5.75 Å². The molecule has 2 aromatic carbocycles. The van der Waals surface area contributed by atoms with E-state index in [1.807, 2.05) is 13.0 Å². The smallest absolute Gasteiger partial charge is 0.494 e. The van der Waals surface area contributed by atoms with Crippen LogP contribution in [0.15, 0.2) is 36.4 Å². The van der Waals surface area contributed by atoms with E-state index < -0.39 is 0 Å². The highest BCUT2D eigenvalue weighted by molar-refractivity contribution is 6.62. The summed E-state index contributed by atoms with van der Waals surface area (Å²) in [7, 11) is -0.319. The molecule has 0 aliphatic carbocycles. The van der Waals surface area contributed by atoms with Crippen LogP contribution in [-0.2, 0) is 9.31 Å². The SMILES string of the molecule is CCOc1ccc2cc(B3OC(C)(C)C(C)(C)O3)ccc2c1. The Morgan fingerprint density at radius 2 is 1.50 bits per heavy atom. The molecule has 1 saturated heterocycles. The Hall–Kier alpha value is -1.52. The van der Waals surface area contributed by atoms with Crippen molar-refractivity contribution in [1.82, 2.24) is 0 Å². The van der Waals surface area contributed by atoms with Gasteiger partial charge in [0, 0.05) is 0 Å². The van der Waals surface area contributed by atoms with Crippen molar-refractivity contribution in [1.29, 1.82) is 0 Å². The molecule has 1 fully saturated rings. The number of rotatable bonds is 3. The fourth-order valence-corrected chi connectivity index (χ4v) is 2.62. The summed E-state index contributed by atoms with van der Waals surface area (Å²) in [4.78, 5) is 0. The molecule has 1 aliphatic rings. The third kappa shape index (κ3) is 2.62. The van der Waals surface area contributed by atoms with Crippen LogP contribution >= 0.6 is 0 Å². The van der Waals surface area contributed by atoms with E-state index >= 15 is 0 Å². The highest BCUT2D eigenvalue weighted by atomic mass is 16.7. The second-order valence-corrected chi connectivity index (χ2v) is 6.79. The van der Waals surface area contributed by atoms with E-state index in [-0.39, 0.29) is 18.3 Å². The lowest BCUT2D eigenvalue weighted by molar-refractivity contribution is 0.00578. The molecular formula is C18H23BO3. The van der Waals surface area contributed by atoms with Crippen LogP contribution in [-0.4, -0.2) is 24.9 Å². The summed E-state index contributed by atoms with van der Waals surface area (Å²) in [5.41, 5.74) is 0.423. The first kappa shape index (κ1) is 15.4. The summed E-state index contributed by atoms with van der Waals surface area (Å²) >= 11 is 0. The highest BCUT2D eigenvalue weighted by Gasteiger charge is 2.51. The summed E-state index contributed by atoms with van der Waals surface area (Å²) in [5, 5.41) is 2.32. The second kappa shape index (κ2) is 5.29. The Labute approximate surface area is 132 Å². The second-order valence-electron chi connectivity index (χ2n) is 6.79. The molecule has 116 valence electrons. The van der Waals surface area contributed by atoms with Gasteiger partial charge in [-0.2, -0.15) is 0 Å². The van der Waals surface area contributed by atoms with E-state index in [0.29, 0.717) is 6.61 Å². The van der Waals surface area contributed by atoms with Gasteiger partial charge in [0.2, 0.25) is 0 Å². The zero-order valence-electron chi connectivity index (χ0n) is 14.0. The lowest BCUT2D eigenvalue weighted by atomic mass is 9.78. The van der Waals surface area contributed by atoms with Crippen molar-refractivity contribution in [2.45, 2.75) is 45.8 Å². The van der Waals surface area contributed by atoms with E-state index in [9.17, 15) is 0 Å². The number of benzene rings is 2. The van der Waals surface area contributed by atoms with Crippen LogP contribution in [0.5, 0.6) is 5.75 Å². The van der Waals surface area contributed by atoms with Gasteiger partial charge in [0.25, 0.3) is 0 Å². The van der Waals surface area contributed by atoms with Gasteiger partial charge >= 0.3 is 7.12 Å². The predicted molar refractivity (Wildman–Crippen MR) is 90.8 cm³/mol. The van der Waals surface area contributed by atoms with Crippen LogP contribution in [0.2, 0.25) is 0 Å². The Morgan fingerprint density at radius 1 is 0.909 bits per heavy atom. The van der Waals surface area contributed by atoms with Gasteiger partial charge in [-0.25, -0.2) is 0 Å². The van der Waals surface area contributed by atoms with Crippen LogP contribution < -0.4 is 10.2 Å². The van der Waals surface area contributed by atoms with Gasteiger partial charge in [0.15, 0.2) is 0 Å². The molecule has 0 radical (unpaired) electrons. The number of hydrogen-bond acceptors (Lipinski definition) is 3. The average molecular weight is 298 g/mol. The first-order valence-electron chi connectivity index (χ1n) is 7.84. The lowest BCUT2D eigenvalue weighted by Gasteiger charge is -2.32. The largest absolute Gasteiger partial charge is 0.494 e. The lowest BCUT2D eigenvalue weighted by Crippen LogP contribution is -2.41. The average Bonchev–Trinajstić information content (AvgIpc) is 2.67. The van der Waals surface area contributed by atoms with E-state index in [2.05, 4.69) is 58.0 Å². The first-order chi connectivity index (χ1) is 10.3. The standard InChI is InChI=1S/C18H23BO3/c1-6-20-16-10-8-13-11-15(9-7-14(13)12-16)19-21-17(2,3)18(4,5)22-19/h7-12H,6H2,1-5H3. The number of fused-ring (bicyclic) bond motifs is 1. The van der Waals surface area contributed by atoms with Gasteiger partial charge in [-0.15, -0.1) is 0 Å². The van der Waals surface area contributed by atoms with Gasteiger partial charge in [0.05, 0.1) is 17.8 Å². The molecule has 3 rings (SSSR count). The minimum atomic E-state index is -0.319. The molecular weight excluding hydrogens is 275 g/mol. The highest BCUT2D eigenvalue weighted by Crippen LogP contribution is 2.36.